The Balaban J connectivity index is 1.72. The van der Waals surface area contributed by atoms with Gasteiger partial charge >= 0.3 is 6.18 Å². The van der Waals surface area contributed by atoms with E-state index >= 15 is 0 Å². The van der Waals surface area contributed by atoms with Crippen LogP contribution in [-0.4, -0.2) is 32.0 Å². The average Bonchev–Trinajstić information content (AvgIpc) is 3.44. The first-order valence-electron chi connectivity index (χ1n) is 9.29. The minimum Gasteiger partial charge on any atom is -0.327 e. The van der Waals surface area contributed by atoms with Crippen molar-refractivity contribution in [3.63, 3.8) is 0 Å². The Morgan fingerprint density at radius 1 is 1.27 bits per heavy atom. The number of aromatic nitrogens is 2. The van der Waals surface area contributed by atoms with E-state index in [9.17, 15) is 28.1 Å². The molecule has 30 heavy (non-hydrogen) atoms. The summed E-state index contributed by atoms with van der Waals surface area (Å²) in [5.74, 6) is -0.478. The molecule has 0 radical (unpaired) electrons. The summed E-state index contributed by atoms with van der Waals surface area (Å²) in [6.07, 6.45) is -3.02. The molecule has 1 fully saturated rings. The number of carbonyl (C=O) groups is 1. The van der Waals surface area contributed by atoms with Crippen LogP contribution >= 0.6 is 0 Å². The van der Waals surface area contributed by atoms with Crippen molar-refractivity contribution in [3.8, 4) is 0 Å². The maximum Gasteiger partial charge on any atom is 0.416 e. The number of hydrogen-bond donors (Lipinski definition) is 1. The highest BCUT2D eigenvalue weighted by Crippen LogP contribution is 2.38. The first kappa shape index (κ1) is 19.9. The normalized spacial score (nSPS) is 15.2. The van der Waals surface area contributed by atoms with Gasteiger partial charge < -0.3 is 4.90 Å². The van der Waals surface area contributed by atoms with Crippen LogP contribution in [0.1, 0.15) is 47.4 Å². The molecule has 2 aromatic carbocycles. The lowest BCUT2D eigenvalue weighted by Crippen LogP contribution is -2.36. The number of alkyl halides is 3. The van der Waals surface area contributed by atoms with Crippen LogP contribution < -0.4 is 0 Å². The number of nitro benzene ring substituents is 1. The van der Waals surface area contributed by atoms with Gasteiger partial charge in [-0.1, -0.05) is 12.1 Å². The topological polar surface area (TPSA) is 92.1 Å². The van der Waals surface area contributed by atoms with Crippen LogP contribution in [0.15, 0.2) is 42.5 Å². The molecule has 3 aromatic rings. The standard InChI is InChI=1S/C20H17F3N4O3/c1-11(12-3-2-4-13(9-12)20(21,22)23)26(14-5-6-14)19(28)18-16-10-15(27(29)30)7-8-17(16)24-25-18/h2-4,7-11,14H,5-6H2,1H3,(H,24,25). The van der Waals surface area contributed by atoms with Gasteiger partial charge in [-0.15, -0.1) is 0 Å². The Labute approximate surface area is 168 Å². The molecule has 1 saturated carbocycles. The van der Waals surface area contributed by atoms with E-state index in [-0.39, 0.29) is 17.4 Å². The Hall–Kier alpha value is -3.43. The molecule has 156 valence electrons. The maximum absolute atomic E-state index is 13.3. The molecule has 0 saturated heterocycles. The fourth-order valence-electron chi connectivity index (χ4n) is 3.55. The number of rotatable bonds is 5. The van der Waals surface area contributed by atoms with E-state index in [1.807, 2.05) is 0 Å². The van der Waals surface area contributed by atoms with Crippen molar-refractivity contribution in [2.24, 2.45) is 0 Å². The maximum atomic E-state index is 13.3. The highest BCUT2D eigenvalue weighted by molar-refractivity contribution is 6.05. The number of carbonyl (C=O) groups excluding carboxylic acids is 1. The highest BCUT2D eigenvalue weighted by atomic mass is 19.4. The van der Waals surface area contributed by atoms with E-state index in [0.29, 0.717) is 16.5 Å². The minimum atomic E-state index is -4.48. The second-order valence-electron chi connectivity index (χ2n) is 7.30. The van der Waals surface area contributed by atoms with Gasteiger partial charge in [0.25, 0.3) is 11.6 Å². The number of nitrogens with one attached hydrogen (secondary N) is 1. The molecule has 7 nitrogen and oxygen atoms in total. The molecule has 0 spiro atoms. The van der Waals surface area contributed by atoms with Gasteiger partial charge in [0.05, 0.1) is 22.0 Å². The van der Waals surface area contributed by atoms with Crippen molar-refractivity contribution in [1.82, 2.24) is 15.1 Å². The molecule has 1 amide bonds. The lowest BCUT2D eigenvalue weighted by atomic mass is 10.0. The van der Waals surface area contributed by atoms with Crippen LogP contribution in [0.4, 0.5) is 18.9 Å². The number of non-ortho nitro benzene ring substituents is 1. The first-order chi connectivity index (χ1) is 14.2. The van der Waals surface area contributed by atoms with Crippen molar-refractivity contribution in [1.29, 1.82) is 0 Å². The fraction of sp³-hybridized carbons (Fsp3) is 0.300. The molecule has 1 atom stereocenters. The number of halogens is 3. The Morgan fingerprint density at radius 3 is 2.63 bits per heavy atom. The van der Waals surface area contributed by atoms with Crippen LogP contribution in [-0.2, 0) is 6.18 Å². The third kappa shape index (κ3) is 3.60. The molecule has 1 aliphatic carbocycles. The molecule has 1 aliphatic rings. The molecule has 10 heteroatoms. The van der Waals surface area contributed by atoms with Gasteiger partial charge in [0.1, 0.15) is 0 Å². The molecular formula is C20H17F3N4O3. The Bertz CT molecular complexity index is 1140. The summed E-state index contributed by atoms with van der Waals surface area (Å²) >= 11 is 0. The summed E-state index contributed by atoms with van der Waals surface area (Å²) in [4.78, 5) is 25.4. The van der Waals surface area contributed by atoms with Gasteiger partial charge in [0.15, 0.2) is 5.69 Å². The summed E-state index contributed by atoms with van der Waals surface area (Å²) in [7, 11) is 0. The molecule has 1 unspecified atom stereocenters. The Kier molecular flexibility index (Phi) is 4.71. The summed E-state index contributed by atoms with van der Waals surface area (Å²) in [6, 6.07) is 8.19. The lowest BCUT2D eigenvalue weighted by Gasteiger charge is -2.29. The summed E-state index contributed by atoms with van der Waals surface area (Å²) < 4.78 is 39.3. The van der Waals surface area contributed by atoms with Crippen molar-refractivity contribution >= 4 is 22.5 Å². The van der Waals surface area contributed by atoms with Crippen LogP contribution in [0, 0.1) is 10.1 Å². The zero-order chi connectivity index (χ0) is 21.6. The minimum absolute atomic E-state index is 0.0134. The number of nitrogens with zero attached hydrogens (tertiary/aromatic N) is 3. The number of fused-ring (bicyclic) bond motifs is 1. The zero-order valence-electron chi connectivity index (χ0n) is 15.8. The number of H-pyrrole nitrogens is 1. The third-order valence-electron chi connectivity index (χ3n) is 5.25. The van der Waals surface area contributed by atoms with Crippen molar-refractivity contribution < 1.29 is 22.9 Å². The number of benzene rings is 2. The van der Waals surface area contributed by atoms with E-state index in [1.54, 1.807) is 13.0 Å². The van der Waals surface area contributed by atoms with Gasteiger partial charge in [-0.05, 0) is 43.5 Å². The highest BCUT2D eigenvalue weighted by Gasteiger charge is 2.39. The quantitative estimate of drug-likeness (QED) is 0.473. The van der Waals surface area contributed by atoms with Crippen molar-refractivity contribution in [2.75, 3.05) is 0 Å². The number of aromatic amines is 1. The molecule has 0 bridgehead atoms. The van der Waals surface area contributed by atoms with E-state index in [2.05, 4.69) is 10.2 Å². The number of amides is 1. The molecule has 1 heterocycles. The van der Waals surface area contributed by atoms with E-state index in [1.165, 1.54) is 29.2 Å². The van der Waals surface area contributed by atoms with Gasteiger partial charge in [-0.25, -0.2) is 0 Å². The monoisotopic (exact) mass is 418 g/mol. The summed E-state index contributed by atoms with van der Waals surface area (Å²) in [5, 5.41) is 18.1. The van der Waals surface area contributed by atoms with Crippen molar-refractivity contribution in [2.45, 2.75) is 38.0 Å². The second kappa shape index (κ2) is 7.12. The van der Waals surface area contributed by atoms with E-state index < -0.39 is 28.6 Å². The van der Waals surface area contributed by atoms with E-state index in [4.69, 9.17) is 0 Å². The zero-order valence-corrected chi connectivity index (χ0v) is 15.8. The smallest absolute Gasteiger partial charge is 0.327 e. The van der Waals surface area contributed by atoms with Crippen LogP contribution in [0.25, 0.3) is 10.9 Å². The second-order valence-corrected chi connectivity index (χ2v) is 7.30. The van der Waals surface area contributed by atoms with Gasteiger partial charge in [0, 0.05) is 23.6 Å². The molecule has 1 N–H and O–H groups in total. The van der Waals surface area contributed by atoms with Gasteiger partial charge in [0.2, 0.25) is 0 Å². The van der Waals surface area contributed by atoms with Crippen LogP contribution in [0.2, 0.25) is 0 Å². The van der Waals surface area contributed by atoms with Crippen LogP contribution in [0.3, 0.4) is 0 Å². The molecule has 0 aliphatic heterocycles. The summed E-state index contributed by atoms with van der Waals surface area (Å²) in [6.45, 7) is 1.67. The van der Waals surface area contributed by atoms with Gasteiger partial charge in [-0.3, -0.25) is 20.0 Å². The Morgan fingerprint density at radius 2 is 2.00 bits per heavy atom. The third-order valence-corrected chi connectivity index (χ3v) is 5.25. The van der Waals surface area contributed by atoms with E-state index in [0.717, 1.165) is 25.0 Å². The average molecular weight is 418 g/mol. The fourth-order valence-corrected chi connectivity index (χ4v) is 3.55. The van der Waals surface area contributed by atoms with Gasteiger partial charge in [-0.2, -0.15) is 18.3 Å². The first-order valence-corrected chi connectivity index (χ1v) is 9.29. The predicted molar refractivity (Wildman–Crippen MR) is 102 cm³/mol. The number of hydrogen-bond acceptors (Lipinski definition) is 4. The lowest BCUT2D eigenvalue weighted by molar-refractivity contribution is -0.384. The van der Waals surface area contributed by atoms with Crippen LogP contribution in [0.5, 0.6) is 0 Å². The predicted octanol–water partition coefficient (Wildman–Crippen LogP) is 4.86. The van der Waals surface area contributed by atoms with Crippen molar-refractivity contribution in [3.05, 3.63) is 69.4 Å². The number of nitro groups is 1. The summed E-state index contributed by atoms with van der Waals surface area (Å²) in [5.41, 5.74) is -0.125. The molecular weight excluding hydrogens is 401 g/mol. The SMILES string of the molecule is CC(c1cccc(C(F)(F)F)c1)N(C(=O)c1n[nH]c2ccc([N+](=O)[O-])cc12)C1CC1. The molecule has 1 aromatic heterocycles. The largest absolute Gasteiger partial charge is 0.416 e. The molecule has 4 rings (SSSR count).